The largest absolute Gasteiger partial charge is 0.462 e. The van der Waals surface area contributed by atoms with Gasteiger partial charge in [-0.25, -0.2) is 0 Å². The van der Waals surface area contributed by atoms with Gasteiger partial charge in [-0.05, 0) is 116 Å². The Hall–Kier alpha value is -2.05. The highest BCUT2D eigenvalue weighted by molar-refractivity contribution is 7.51. The van der Waals surface area contributed by atoms with Crippen molar-refractivity contribution in [2.45, 2.75) is 344 Å². The van der Waals surface area contributed by atoms with E-state index in [-0.39, 0.29) is 37.0 Å². The van der Waals surface area contributed by atoms with E-state index in [0.29, 0.717) is 44.9 Å². The van der Waals surface area contributed by atoms with E-state index in [4.69, 9.17) is 18.9 Å². The van der Waals surface area contributed by atoms with Crippen LogP contribution in [-0.4, -0.2) is 114 Å². The highest BCUT2D eigenvalue weighted by Gasteiger charge is 2.26. The van der Waals surface area contributed by atoms with Gasteiger partial charge >= 0.3 is 31.5 Å². The van der Waals surface area contributed by atoms with Gasteiger partial charge in [-0.15, -0.1) is 0 Å². The lowest BCUT2D eigenvalue weighted by molar-refractivity contribution is -0.158. The molecule has 0 aromatic rings. The minimum atomic E-state index is -4.55. The first-order chi connectivity index (χ1) is 38.1. The lowest BCUT2D eigenvalue weighted by Crippen LogP contribution is -2.28. The summed E-state index contributed by atoms with van der Waals surface area (Å²) in [4.78, 5) is 74.4. The van der Waals surface area contributed by atoms with Crippen molar-refractivity contribution in [1.29, 1.82) is 0 Å². The van der Waals surface area contributed by atoms with Gasteiger partial charge in [0.05, 0.1) is 6.16 Å². The van der Waals surface area contributed by atoms with Gasteiger partial charge in [0, 0.05) is 25.7 Å². The maximum Gasteiger partial charge on any atom is 0.329 e. The maximum atomic E-state index is 12.7. The molecule has 0 spiro atoms. The number of esters is 4. The van der Waals surface area contributed by atoms with Gasteiger partial charge < -0.3 is 38.5 Å². The highest BCUT2D eigenvalue weighted by atomic mass is 31.2. The Morgan fingerprint density at radius 1 is 0.329 bits per heavy atom. The molecule has 0 aromatic heterocycles. The van der Waals surface area contributed by atoms with Crippen molar-refractivity contribution >= 4 is 31.5 Å². The average molecular weight is 1150 g/mol. The Morgan fingerprint density at radius 3 is 0.797 bits per heavy atom. The van der Waals surface area contributed by atoms with Gasteiger partial charge in [-0.1, -0.05) is 223 Å². The number of carbonyl (C=O) groups excluding carboxylic acids is 4. The Kier molecular flexibility index (Phi) is 63.7. The number of carbonyl (C=O) groups is 4. The molecule has 14 heteroatoms. The summed E-state index contributed by atoms with van der Waals surface area (Å²) < 4.78 is 34.3. The van der Waals surface area contributed by atoms with Crippen molar-refractivity contribution < 1.29 is 52.5 Å². The van der Waals surface area contributed by atoms with E-state index in [1.165, 1.54) is 168 Å². The Bertz CT molecular complexity index is 1320. The Labute approximate surface area is 488 Å². The molecule has 0 saturated heterocycles. The smallest absolute Gasteiger partial charge is 0.329 e. The Balaban J connectivity index is -0.00000360. The zero-order valence-corrected chi connectivity index (χ0v) is 54.5. The fraction of sp³-hybridized carbons (Fsp3) is 0.938. The van der Waals surface area contributed by atoms with E-state index >= 15 is 0 Å². The molecule has 0 fully saturated rings. The summed E-state index contributed by atoms with van der Waals surface area (Å²) in [6, 6.07) is 0. The van der Waals surface area contributed by atoms with E-state index < -0.39 is 38.4 Å². The number of nitrogens with zero attached hydrogens (tertiary/aromatic N) is 2. The van der Waals surface area contributed by atoms with Crippen molar-refractivity contribution in [1.82, 2.24) is 9.80 Å². The lowest BCUT2D eigenvalue weighted by Gasteiger charge is -2.19. The van der Waals surface area contributed by atoms with Gasteiger partial charge in [0.2, 0.25) is 0 Å². The molecule has 0 aliphatic rings. The molecule has 0 bridgehead atoms. The molecule has 2 N–H and O–H groups in total. The van der Waals surface area contributed by atoms with Crippen molar-refractivity contribution in [3.05, 3.63) is 0 Å². The van der Waals surface area contributed by atoms with Gasteiger partial charge in [0.1, 0.15) is 24.9 Å². The molecule has 0 heterocycles. The molecule has 0 rings (SSSR count). The molecule has 13 nitrogen and oxygen atoms in total. The SMILES string of the molecule is CCCCCCCCC(CCCCCCCC)OC(=O)CCCCCCC(=O)OCC(CP(=O)(O)O)OC(=O)CCCCCCC(=O)OC(CCCCCCCC)CCCCCCCC.CCN(CC)CC.CCN(CC)CC. The van der Waals surface area contributed by atoms with Crippen molar-refractivity contribution in [2.75, 3.05) is 52.0 Å². The zero-order valence-electron chi connectivity index (χ0n) is 53.6. The minimum absolute atomic E-state index is 0.00540. The van der Waals surface area contributed by atoms with Crippen LogP contribution in [0.2, 0.25) is 0 Å². The molecule has 79 heavy (non-hydrogen) atoms. The summed E-state index contributed by atoms with van der Waals surface area (Å²) >= 11 is 0. The number of ether oxygens (including phenoxy) is 4. The van der Waals surface area contributed by atoms with Crippen molar-refractivity contribution in [3.8, 4) is 0 Å². The first-order valence-electron chi connectivity index (χ1n) is 33.4. The van der Waals surface area contributed by atoms with E-state index in [1.54, 1.807) is 0 Å². The normalized spacial score (nSPS) is 11.8. The molecule has 0 saturated carbocycles. The molecule has 0 aliphatic heterocycles. The second-order valence-corrected chi connectivity index (χ2v) is 23.9. The summed E-state index contributed by atoms with van der Waals surface area (Å²) in [7, 11) is -4.55. The maximum absolute atomic E-state index is 12.7. The molecular formula is C65H131N2O11P. The summed E-state index contributed by atoms with van der Waals surface area (Å²) in [6.45, 7) is 28.7. The molecule has 0 aromatic carbocycles. The fourth-order valence-corrected chi connectivity index (χ4v) is 10.4. The van der Waals surface area contributed by atoms with Crippen LogP contribution in [0.15, 0.2) is 0 Å². The van der Waals surface area contributed by atoms with Crippen LogP contribution >= 0.6 is 7.60 Å². The summed E-state index contributed by atoms with van der Waals surface area (Å²) in [5, 5.41) is 0. The Morgan fingerprint density at radius 2 is 0.557 bits per heavy atom. The molecule has 1 unspecified atom stereocenters. The van der Waals surface area contributed by atoms with Gasteiger partial charge in [-0.3, -0.25) is 23.7 Å². The average Bonchev–Trinajstić information content (AvgIpc) is 3.42. The molecular weight excluding hydrogens is 1020 g/mol. The second-order valence-electron chi connectivity index (χ2n) is 22.2. The van der Waals surface area contributed by atoms with Crippen molar-refractivity contribution in [2.24, 2.45) is 0 Å². The third kappa shape index (κ3) is 61.8. The quantitative estimate of drug-likeness (QED) is 0.0256. The van der Waals surface area contributed by atoms with E-state index in [2.05, 4.69) is 79.0 Å². The zero-order chi connectivity index (χ0) is 59.5. The summed E-state index contributed by atoms with van der Waals surface area (Å²) in [5.74, 6) is -1.44. The first-order valence-corrected chi connectivity index (χ1v) is 35.2. The number of rotatable bonds is 55. The second kappa shape index (κ2) is 62.0. The monoisotopic (exact) mass is 1150 g/mol. The molecule has 472 valence electrons. The summed E-state index contributed by atoms with van der Waals surface area (Å²) in [5.41, 5.74) is 0. The van der Waals surface area contributed by atoms with Crippen LogP contribution in [0.4, 0.5) is 0 Å². The van der Waals surface area contributed by atoms with E-state index in [9.17, 15) is 33.5 Å². The van der Waals surface area contributed by atoms with E-state index in [0.717, 1.165) is 70.6 Å². The number of hydrogen-bond acceptors (Lipinski definition) is 11. The predicted molar refractivity (Wildman–Crippen MR) is 332 cm³/mol. The minimum Gasteiger partial charge on any atom is -0.462 e. The van der Waals surface area contributed by atoms with Crippen LogP contribution in [0.3, 0.4) is 0 Å². The highest BCUT2D eigenvalue weighted by Crippen LogP contribution is 2.36. The lowest BCUT2D eigenvalue weighted by atomic mass is 10.0. The molecule has 0 aliphatic carbocycles. The fourth-order valence-electron chi connectivity index (χ4n) is 9.64. The third-order valence-electron chi connectivity index (χ3n) is 15.0. The van der Waals surface area contributed by atoms with Crippen LogP contribution in [0.5, 0.6) is 0 Å². The molecule has 0 radical (unpaired) electrons. The molecule has 0 amide bonds. The van der Waals surface area contributed by atoms with Gasteiger partial charge in [0.25, 0.3) is 0 Å². The van der Waals surface area contributed by atoms with E-state index in [1.807, 2.05) is 0 Å². The standard InChI is InChI=1S/C53H101O11P.2C6H15N/c1-5-9-13-17-21-29-37-47(38-30-22-18-14-10-6-2)62-51(55)42-34-26-25-33-41-50(54)61-45-49(46-65(58,59)60)64-53(57)44-36-28-27-35-43-52(56)63-48(39-31-23-19-15-11-7-3)40-32-24-20-16-12-8-4;2*1-4-7(5-2)6-3/h47-49H,5-46H2,1-4H3,(H2,58,59,60);2*4-6H2,1-3H3. The van der Waals surface area contributed by atoms with Crippen molar-refractivity contribution in [3.63, 3.8) is 0 Å². The van der Waals surface area contributed by atoms with Crippen LogP contribution in [0.1, 0.15) is 326 Å². The third-order valence-corrected chi connectivity index (χ3v) is 15.9. The topological polar surface area (TPSA) is 169 Å². The summed E-state index contributed by atoms with van der Waals surface area (Å²) in [6.07, 6.45) is 37.1. The van der Waals surface area contributed by atoms with Crippen LogP contribution < -0.4 is 0 Å². The van der Waals surface area contributed by atoms with Crippen LogP contribution in [-0.2, 0) is 42.7 Å². The van der Waals surface area contributed by atoms with Crippen LogP contribution in [0.25, 0.3) is 0 Å². The first kappa shape index (κ1) is 81.2. The number of hydrogen-bond donors (Lipinski definition) is 2. The number of unbranched alkanes of at least 4 members (excludes halogenated alkanes) is 26. The van der Waals surface area contributed by atoms with Gasteiger partial charge in [0.15, 0.2) is 0 Å². The molecule has 1 atom stereocenters. The van der Waals surface area contributed by atoms with Crippen LogP contribution in [0, 0.1) is 0 Å². The predicted octanol–water partition coefficient (Wildman–Crippen LogP) is 17.8. The van der Waals surface area contributed by atoms with Gasteiger partial charge in [-0.2, -0.15) is 0 Å².